The molecule has 2 rings (SSSR count). The lowest BCUT2D eigenvalue weighted by Crippen LogP contribution is -2.22. The van der Waals surface area contributed by atoms with Crippen molar-refractivity contribution in [1.82, 2.24) is 9.55 Å². The number of aryl methyl sites for hydroxylation is 1. The van der Waals surface area contributed by atoms with Gasteiger partial charge in [0, 0.05) is 13.7 Å². The first-order valence-electron chi connectivity index (χ1n) is 6.31. The van der Waals surface area contributed by atoms with Crippen LogP contribution in [-0.2, 0) is 20.8 Å². The van der Waals surface area contributed by atoms with Crippen molar-refractivity contribution in [3.05, 3.63) is 40.9 Å². The molecule has 0 aliphatic rings. The lowest BCUT2D eigenvalue weighted by Gasteiger charge is -2.07. The molecule has 106 valence electrons. The molecule has 0 amide bonds. The van der Waals surface area contributed by atoms with E-state index in [1.54, 1.807) is 12.1 Å². The molecule has 0 saturated carbocycles. The number of para-hydroxylation sites is 1. The van der Waals surface area contributed by atoms with E-state index in [0.717, 1.165) is 0 Å². The van der Waals surface area contributed by atoms with E-state index >= 15 is 0 Å². The van der Waals surface area contributed by atoms with Crippen LogP contribution in [0.3, 0.4) is 0 Å². The molecule has 0 saturated heterocycles. The summed E-state index contributed by atoms with van der Waals surface area (Å²) in [4.78, 5) is 27.4. The predicted molar refractivity (Wildman–Crippen MR) is 73.5 cm³/mol. The number of ether oxygens (including phenoxy) is 2. The SMILES string of the molecule is COCC(=O)OCCCn1cnc2ccccc2c1=O. The lowest BCUT2D eigenvalue weighted by molar-refractivity contribution is -0.148. The highest BCUT2D eigenvalue weighted by Crippen LogP contribution is 2.04. The van der Waals surface area contributed by atoms with Gasteiger partial charge in [0.15, 0.2) is 0 Å². The zero-order chi connectivity index (χ0) is 14.4. The Kier molecular flexibility index (Phi) is 4.84. The first-order valence-corrected chi connectivity index (χ1v) is 6.31. The molecule has 0 fully saturated rings. The maximum atomic E-state index is 12.2. The van der Waals surface area contributed by atoms with Gasteiger partial charge in [-0.05, 0) is 18.6 Å². The van der Waals surface area contributed by atoms with Crippen LogP contribution in [0.15, 0.2) is 35.4 Å². The monoisotopic (exact) mass is 276 g/mol. The third kappa shape index (κ3) is 3.42. The number of carbonyl (C=O) groups is 1. The third-order valence-electron chi connectivity index (χ3n) is 2.80. The van der Waals surface area contributed by atoms with Crippen molar-refractivity contribution >= 4 is 16.9 Å². The standard InChI is InChI=1S/C14H16N2O4/c1-19-9-13(17)20-8-4-7-16-10-15-12-6-3-2-5-11(12)14(16)18/h2-3,5-6,10H,4,7-9H2,1H3. The molecule has 1 aromatic carbocycles. The van der Waals surface area contributed by atoms with Gasteiger partial charge in [0.25, 0.3) is 5.56 Å². The van der Waals surface area contributed by atoms with Crippen molar-refractivity contribution in [1.29, 1.82) is 0 Å². The first-order chi connectivity index (χ1) is 9.72. The van der Waals surface area contributed by atoms with Crippen molar-refractivity contribution in [2.75, 3.05) is 20.3 Å². The molecule has 1 heterocycles. The molecule has 0 atom stereocenters. The topological polar surface area (TPSA) is 70.4 Å². The molecule has 0 radical (unpaired) electrons. The van der Waals surface area contributed by atoms with Gasteiger partial charge in [-0.15, -0.1) is 0 Å². The van der Waals surface area contributed by atoms with Gasteiger partial charge in [0.1, 0.15) is 6.61 Å². The number of carbonyl (C=O) groups excluding carboxylic acids is 1. The maximum Gasteiger partial charge on any atom is 0.332 e. The molecule has 6 nitrogen and oxygen atoms in total. The Balaban J connectivity index is 1.95. The number of fused-ring (bicyclic) bond motifs is 1. The van der Waals surface area contributed by atoms with E-state index in [4.69, 9.17) is 4.74 Å². The second kappa shape index (κ2) is 6.81. The molecular formula is C14H16N2O4. The maximum absolute atomic E-state index is 12.2. The van der Waals surface area contributed by atoms with E-state index in [1.807, 2.05) is 12.1 Å². The van der Waals surface area contributed by atoms with E-state index < -0.39 is 5.97 Å². The van der Waals surface area contributed by atoms with E-state index in [0.29, 0.717) is 23.9 Å². The van der Waals surface area contributed by atoms with Crippen molar-refractivity contribution < 1.29 is 14.3 Å². The zero-order valence-electron chi connectivity index (χ0n) is 11.2. The fraction of sp³-hybridized carbons (Fsp3) is 0.357. The molecule has 1 aromatic heterocycles. The number of rotatable bonds is 6. The number of aromatic nitrogens is 2. The average Bonchev–Trinajstić information content (AvgIpc) is 2.46. The van der Waals surface area contributed by atoms with E-state index in [9.17, 15) is 9.59 Å². The van der Waals surface area contributed by atoms with Gasteiger partial charge in [-0.25, -0.2) is 9.78 Å². The average molecular weight is 276 g/mol. The van der Waals surface area contributed by atoms with Gasteiger partial charge in [0.2, 0.25) is 0 Å². The Morgan fingerprint density at radius 2 is 2.15 bits per heavy atom. The van der Waals surface area contributed by atoms with Gasteiger partial charge >= 0.3 is 5.97 Å². The van der Waals surface area contributed by atoms with Gasteiger partial charge in [-0.1, -0.05) is 12.1 Å². The Labute approximate surface area is 116 Å². The minimum absolute atomic E-state index is 0.0581. The Hall–Kier alpha value is -2.21. The zero-order valence-corrected chi connectivity index (χ0v) is 11.2. The van der Waals surface area contributed by atoms with E-state index in [2.05, 4.69) is 9.72 Å². The van der Waals surface area contributed by atoms with Crippen LogP contribution in [-0.4, -0.2) is 35.8 Å². The van der Waals surface area contributed by atoms with Crippen LogP contribution in [0.2, 0.25) is 0 Å². The molecular weight excluding hydrogens is 260 g/mol. The van der Waals surface area contributed by atoms with Gasteiger partial charge in [-0.3, -0.25) is 9.36 Å². The summed E-state index contributed by atoms with van der Waals surface area (Å²) in [5.41, 5.74) is 0.596. The van der Waals surface area contributed by atoms with Crippen LogP contribution in [0.25, 0.3) is 10.9 Å². The van der Waals surface area contributed by atoms with Crippen LogP contribution in [0.1, 0.15) is 6.42 Å². The van der Waals surface area contributed by atoms with Gasteiger partial charge in [0.05, 0.1) is 23.8 Å². The van der Waals surface area contributed by atoms with Crippen molar-refractivity contribution in [3.8, 4) is 0 Å². The van der Waals surface area contributed by atoms with Crippen molar-refractivity contribution in [2.45, 2.75) is 13.0 Å². The molecule has 0 aliphatic carbocycles. The summed E-state index contributed by atoms with van der Waals surface area (Å²) in [6.07, 6.45) is 2.07. The number of benzene rings is 1. The van der Waals surface area contributed by atoms with Crippen molar-refractivity contribution in [2.24, 2.45) is 0 Å². The van der Waals surface area contributed by atoms with E-state index in [-0.39, 0.29) is 18.8 Å². The Bertz CT molecular complexity index is 651. The Morgan fingerprint density at radius 3 is 2.95 bits per heavy atom. The molecule has 0 N–H and O–H groups in total. The quantitative estimate of drug-likeness (QED) is 0.581. The first kappa shape index (κ1) is 14.2. The van der Waals surface area contributed by atoms with E-state index in [1.165, 1.54) is 18.0 Å². The second-order valence-corrected chi connectivity index (χ2v) is 4.27. The second-order valence-electron chi connectivity index (χ2n) is 4.27. The minimum Gasteiger partial charge on any atom is -0.464 e. The molecule has 6 heteroatoms. The highest BCUT2D eigenvalue weighted by Gasteiger charge is 2.04. The summed E-state index contributed by atoms with van der Waals surface area (Å²) in [7, 11) is 1.43. The van der Waals surface area contributed by atoms with Crippen LogP contribution < -0.4 is 5.56 Å². The summed E-state index contributed by atoms with van der Waals surface area (Å²) in [6, 6.07) is 7.20. The third-order valence-corrected chi connectivity index (χ3v) is 2.80. The van der Waals surface area contributed by atoms with Crippen LogP contribution in [0.4, 0.5) is 0 Å². The smallest absolute Gasteiger partial charge is 0.332 e. The summed E-state index contributed by atoms with van der Waals surface area (Å²) in [5, 5.41) is 0.589. The fourth-order valence-corrected chi connectivity index (χ4v) is 1.85. The molecule has 0 bridgehead atoms. The molecule has 2 aromatic rings. The number of methoxy groups -OCH3 is 1. The van der Waals surface area contributed by atoms with Crippen molar-refractivity contribution in [3.63, 3.8) is 0 Å². The van der Waals surface area contributed by atoms with Crippen LogP contribution >= 0.6 is 0 Å². The normalized spacial score (nSPS) is 10.7. The highest BCUT2D eigenvalue weighted by molar-refractivity contribution is 5.76. The van der Waals surface area contributed by atoms with Crippen LogP contribution in [0.5, 0.6) is 0 Å². The van der Waals surface area contributed by atoms with Gasteiger partial charge in [-0.2, -0.15) is 0 Å². The molecule has 0 unspecified atom stereocenters. The lowest BCUT2D eigenvalue weighted by atomic mass is 10.2. The summed E-state index contributed by atoms with van der Waals surface area (Å²) < 4.78 is 11.1. The molecule has 0 spiro atoms. The van der Waals surface area contributed by atoms with Gasteiger partial charge < -0.3 is 9.47 Å². The number of esters is 1. The summed E-state index contributed by atoms with van der Waals surface area (Å²) >= 11 is 0. The summed E-state index contributed by atoms with van der Waals surface area (Å²) in [6.45, 7) is 0.649. The largest absolute Gasteiger partial charge is 0.464 e. The number of hydrogen-bond acceptors (Lipinski definition) is 5. The fourth-order valence-electron chi connectivity index (χ4n) is 1.85. The Morgan fingerprint density at radius 1 is 1.35 bits per heavy atom. The molecule has 20 heavy (non-hydrogen) atoms. The highest BCUT2D eigenvalue weighted by atomic mass is 16.6. The summed E-state index contributed by atoms with van der Waals surface area (Å²) in [5.74, 6) is -0.406. The number of nitrogens with zero attached hydrogens (tertiary/aromatic N) is 2. The predicted octanol–water partition coefficient (Wildman–Crippen LogP) is 0.976. The molecule has 0 aliphatic heterocycles. The van der Waals surface area contributed by atoms with Crippen LogP contribution in [0, 0.1) is 0 Å². The number of hydrogen-bond donors (Lipinski definition) is 0. The minimum atomic E-state index is -0.406.